The van der Waals surface area contributed by atoms with Gasteiger partial charge in [0.1, 0.15) is 0 Å². The molecule has 0 bridgehead atoms. The molecule has 2 unspecified atom stereocenters. The van der Waals surface area contributed by atoms with Gasteiger partial charge < -0.3 is 30.7 Å². The summed E-state index contributed by atoms with van der Waals surface area (Å²) in [5.74, 6) is 0.515. The number of ether oxygens (including phenoxy) is 2. The van der Waals surface area contributed by atoms with E-state index in [1.807, 2.05) is 37.4 Å². The number of carbonyl (C=O) groups excluding carboxylic acids is 2. The first-order chi connectivity index (χ1) is 19.4. The van der Waals surface area contributed by atoms with Crippen LogP contribution in [0.15, 0.2) is 66.7 Å². The van der Waals surface area contributed by atoms with Gasteiger partial charge in [0, 0.05) is 42.0 Å². The molecule has 212 valence electrons. The maximum Gasteiger partial charge on any atom is 0.255 e. The lowest BCUT2D eigenvalue weighted by Crippen LogP contribution is -2.49. The highest BCUT2D eigenvalue weighted by atomic mass is 16.5. The molecule has 4 N–H and O–H groups in total. The van der Waals surface area contributed by atoms with Crippen molar-refractivity contribution in [3.63, 3.8) is 0 Å². The van der Waals surface area contributed by atoms with Gasteiger partial charge in [-0.3, -0.25) is 9.59 Å². The number of hydrogen-bond donors (Lipinski definition) is 3. The fourth-order valence-electron chi connectivity index (χ4n) is 5.07. The van der Waals surface area contributed by atoms with Gasteiger partial charge >= 0.3 is 0 Å². The summed E-state index contributed by atoms with van der Waals surface area (Å²) in [6.45, 7) is 1.44. The monoisotopic (exact) mass is 544 g/mol. The molecule has 40 heavy (non-hydrogen) atoms. The molecule has 3 aromatic rings. The van der Waals surface area contributed by atoms with Gasteiger partial charge in [-0.1, -0.05) is 49.2 Å². The lowest BCUT2D eigenvalue weighted by atomic mass is 9.91. The molecule has 8 heteroatoms. The van der Waals surface area contributed by atoms with E-state index in [2.05, 4.69) is 27.7 Å². The van der Waals surface area contributed by atoms with Crippen LogP contribution in [0.3, 0.4) is 0 Å². The lowest BCUT2D eigenvalue weighted by molar-refractivity contribution is 0.0920. The van der Waals surface area contributed by atoms with E-state index in [-0.39, 0.29) is 23.9 Å². The molecule has 1 aliphatic carbocycles. The summed E-state index contributed by atoms with van der Waals surface area (Å²) >= 11 is 0. The summed E-state index contributed by atoms with van der Waals surface area (Å²) in [5, 5.41) is 6.14. The second-order valence-corrected chi connectivity index (χ2v) is 10.4. The average molecular weight is 545 g/mol. The third-order valence-corrected chi connectivity index (χ3v) is 7.47. The first kappa shape index (κ1) is 29.1. The molecule has 0 saturated heterocycles. The van der Waals surface area contributed by atoms with Crippen LogP contribution in [0.25, 0.3) is 0 Å². The number of anilines is 1. The Labute approximate surface area is 236 Å². The third kappa shape index (κ3) is 7.61. The topological polar surface area (TPSA) is 106 Å². The molecule has 2 atom stereocenters. The molecule has 0 aliphatic heterocycles. The summed E-state index contributed by atoms with van der Waals surface area (Å²) in [6, 6.07) is 20.8. The van der Waals surface area contributed by atoms with Crippen LogP contribution in [0.1, 0.15) is 57.5 Å². The number of nitrogens with zero attached hydrogens (tertiary/aromatic N) is 1. The molecule has 1 aliphatic rings. The highest BCUT2D eigenvalue weighted by molar-refractivity contribution is 6.06. The molecule has 1 saturated carbocycles. The largest absolute Gasteiger partial charge is 0.493 e. The highest BCUT2D eigenvalue weighted by Crippen LogP contribution is 2.28. The number of nitrogens with two attached hydrogens (primary N) is 1. The van der Waals surface area contributed by atoms with E-state index in [9.17, 15) is 9.59 Å². The summed E-state index contributed by atoms with van der Waals surface area (Å²) in [4.78, 5) is 28.7. The van der Waals surface area contributed by atoms with Crippen molar-refractivity contribution in [2.24, 2.45) is 5.73 Å². The van der Waals surface area contributed by atoms with Crippen molar-refractivity contribution in [2.45, 2.75) is 50.7 Å². The number of carbonyl (C=O) groups is 2. The number of amides is 2. The van der Waals surface area contributed by atoms with E-state index in [1.54, 1.807) is 31.4 Å². The van der Waals surface area contributed by atoms with Gasteiger partial charge in [-0.05, 0) is 67.8 Å². The summed E-state index contributed by atoms with van der Waals surface area (Å²) < 4.78 is 10.7. The van der Waals surface area contributed by atoms with Crippen molar-refractivity contribution in [3.05, 3.63) is 89.0 Å². The first-order valence-corrected chi connectivity index (χ1v) is 13.8. The first-order valence-electron chi connectivity index (χ1n) is 13.8. The van der Waals surface area contributed by atoms with E-state index < -0.39 is 0 Å². The Morgan fingerprint density at radius 3 is 2.33 bits per heavy atom. The molecule has 3 aromatic carbocycles. The van der Waals surface area contributed by atoms with Crippen LogP contribution in [0.2, 0.25) is 0 Å². The second-order valence-electron chi connectivity index (χ2n) is 10.4. The third-order valence-electron chi connectivity index (χ3n) is 7.47. The van der Waals surface area contributed by atoms with E-state index >= 15 is 0 Å². The van der Waals surface area contributed by atoms with Crippen molar-refractivity contribution in [2.75, 3.05) is 33.1 Å². The van der Waals surface area contributed by atoms with Gasteiger partial charge in [0.05, 0.1) is 14.2 Å². The van der Waals surface area contributed by atoms with Crippen molar-refractivity contribution < 1.29 is 19.1 Å². The maximum atomic E-state index is 13.3. The number of likely N-dealkylation sites (N-methyl/N-ethyl adjacent to an activating group) is 1. The fraction of sp³-hybridized carbons (Fsp3) is 0.375. The Balaban J connectivity index is 1.55. The number of rotatable bonds is 11. The molecule has 0 spiro atoms. The quantitative estimate of drug-likeness (QED) is 0.325. The van der Waals surface area contributed by atoms with E-state index in [0.29, 0.717) is 34.9 Å². The van der Waals surface area contributed by atoms with Crippen molar-refractivity contribution in [1.29, 1.82) is 0 Å². The number of nitrogens with one attached hydrogen (secondary N) is 2. The minimum Gasteiger partial charge on any atom is -0.493 e. The minimum atomic E-state index is -0.305. The Morgan fingerprint density at radius 1 is 0.900 bits per heavy atom. The zero-order valence-corrected chi connectivity index (χ0v) is 23.6. The zero-order valence-electron chi connectivity index (χ0n) is 23.6. The smallest absolute Gasteiger partial charge is 0.255 e. The molecule has 0 heterocycles. The SMILES string of the molecule is COc1ccc(C(=O)Nc2cc(C(=O)NC3CCCCC3N)ccc2CN(C)CCc2ccccc2)cc1OC. The molecular formula is C32H40N4O4. The Bertz CT molecular complexity index is 1300. The normalized spacial score (nSPS) is 16.8. The van der Waals surface area contributed by atoms with Crippen LogP contribution < -0.4 is 25.8 Å². The Kier molecular flexibility index (Phi) is 10.2. The van der Waals surface area contributed by atoms with Crippen LogP contribution in [-0.2, 0) is 13.0 Å². The molecule has 1 fully saturated rings. The number of hydrogen-bond acceptors (Lipinski definition) is 6. The molecule has 0 aromatic heterocycles. The van der Waals surface area contributed by atoms with Gasteiger partial charge in [0.25, 0.3) is 11.8 Å². The molecule has 0 radical (unpaired) electrons. The van der Waals surface area contributed by atoms with Gasteiger partial charge in [-0.2, -0.15) is 0 Å². The van der Waals surface area contributed by atoms with Crippen molar-refractivity contribution in [3.8, 4) is 11.5 Å². The van der Waals surface area contributed by atoms with Crippen LogP contribution in [0.4, 0.5) is 5.69 Å². The minimum absolute atomic E-state index is 0.0422. The van der Waals surface area contributed by atoms with Crippen LogP contribution in [0.5, 0.6) is 11.5 Å². The summed E-state index contributed by atoms with van der Waals surface area (Å²) in [7, 11) is 5.13. The summed E-state index contributed by atoms with van der Waals surface area (Å²) in [5.41, 5.74) is 9.94. The number of benzene rings is 3. The lowest BCUT2D eigenvalue weighted by Gasteiger charge is -2.29. The van der Waals surface area contributed by atoms with E-state index in [4.69, 9.17) is 15.2 Å². The van der Waals surface area contributed by atoms with Gasteiger partial charge in [0.15, 0.2) is 11.5 Å². The summed E-state index contributed by atoms with van der Waals surface area (Å²) in [6.07, 6.45) is 4.84. The average Bonchev–Trinajstić information content (AvgIpc) is 2.98. The van der Waals surface area contributed by atoms with Gasteiger partial charge in [-0.15, -0.1) is 0 Å². The molecule has 8 nitrogen and oxygen atoms in total. The van der Waals surface area contributed by atoms with Gasteiger partial charge in [-0.25, -0.2) is 0 Å². The van der Waals surface area contributed by atoms with E-state index in [0.717, 1.165) is 44.2 Å². The van der Waals surface area contributed by atoms with Crippen molar-refractivity contribution >= 4 is 17.5 Å². The second kappa shape index (κ2) is 14.0. The predicted octanol–water partition coefficient (Wildman–Crippen LogP) is 4.63. The van der Waals surface area contributed by atoms with Crippen molar-refractivity contribution in [1.82, 2.24) is 10.2 Å². The van der Waals surface area contributed by atoms with E-state index in [1.165, 1.54) is 12.7 Å². The highest BCUT2D eigenvalue weighted by Gasteiger charge is 2.24. The van der Waals surface area contributed by atoms with Crippen LogP contribution in [-0.4, -0.2) is 56.6 Å². The maximum absolute atomic E-state index is 13.3. The van der Waals surface area contributed by atoms with Crippen LogP contribution >= 0.6 is 0 Å². The molecule has 4 rings (SSSR count). The van der Waals surface area contributed by atoms with Crippen LogP contribution in [0, 0.1) is 0 Å². The standard InChI is InChI=1S/C32H40N4O4/c1-36(18-17-22-9-5-4-6-10-22)21-25-14-13-23(31(37)34-27-12-8-7-11-26(27)33)19-28(25)35-32(38)24-15-16-29(39-2)30(20-24)40-3/h4-6,9-10,13-16,19-20,26-27H,7-8,11-12,17-18,21,33H2,1-3H3,(H,34,37)(H,35,38). The zero-order chi connectivity index (χ0) is 28.5. The van der Waals surface area contributed by atoms with Gasteiger partial charge in [0.2, 0.25) is 0 Å². The fourth-order valence-corrected chi connectivity index (χ4v) is 5.07. The Morgan fingerprint density at radius 2 is 1.60 bits per heavy atom. The molecule has 2 amide bonds. The number of methoxy groups -OCH3 is 2. The predicted molar refractivity (Wildman–Crippen MR) is 158 cm³/mol. The molecular weight excluding hydrogens is 504 g/mol. The Hall–Kier alpha value is -3.88.